The highest BCUT2D eigenvalue weighted by Crippen LogP contribution is 2.36. The summed E-state index contributed by atoms with van der Waals surface area (Å²) in [7, 11) is -3.74. The van der Waals surface area contributed by atoms with Gasteiger partial charge in [0.2, 0.25) is 0 Å². The number of hydrogen-bond acceptors (Lipinski definition) is 5. The molecule has 1 aromatic rings. The highest BCUT2D eigenvalue weighted by molar-refractivity contribution is 7.91. The third-order valence-electron chi connectivity index (χ3n) is 5.35. The fourth-order valence-electron chi connectivity index (χ4n) is 3.07. The third-order valence-corrected chi connectivity index (χ3v) is 7.18. The van der Waals surface area contributed by atoms with Crippen LogP contribution in [0.3, 0.4) is 0 Å². The van der Waals surface area contributed by atoms with Crippen molar-refractivity contribution in [1.29, 1.82) is 0 Å². The second kappa shape index (κ2) is 6.13. The van der Waals surface area contributed by atoms with E-state index in [1.54, 1.807) is 24.3 Å². The maximum Gasteiger partial charge on any atom is 0.494 e. The number of hydrogen-bond donors (Lipinski definition) is 1. The molecule has 2 aliphatic rings. The standard InChI is InChI=1S/C17H26BNO4S/c1-16(2)17(3,4)23-18(22-16)13-7-9-15(10-8-13)24(20,21)12-14-6-5-11-19-14/h7-10,14,19H,5-6,11-12H2,1-4H3/t14-/m0/s1. The molecule has 5 nitrogen and oxygen atoms in total. The van der Waals surface area contributed by atoms with Gasteiger partial charge in [-0.05, 0) is 64.7 Å². The first-order valence-corrected chi connectivity index (χ1v) is 10.2. The van der Waals surface area contributed by atoms with Crippen LogP contribution in [0.25, 0.3) is 0 Å². The predicted molar refractivity (Wildman–Crippen MR) is 95.2 cm³/mol. The molecule has 2 aliphatic heterocycles. The van der Waals surface area contributed by atoms with E-state index in [-0.39, 0.29) is 11.8 Å². The Hall–Kier alpha value is -0.885. The second-order valence-electron chi connectivity index (χ2n) is 7.73. The fraction of sp³-hybridized carbons (Fsp3) is 0.647. The Kier molecular flexibility index (Phi) is 4.58. The van der Waals surface area contributed by atoms with Gasteiger partial charge in [0.05, 0.1) is 21.9 Å². The summed E-state index contributed by atoms with van der Waals surface area (Å²) in [6, 6.07) is 6.96. The first-order valence-electron chi connectivity index (χ1n) is 8.52. The van der Waals surface area contributed by atoms with Gasteiger partial charge in [0.15, 0.2) is 9.84 Å². The lowest BCUT2D eigenvalue weighted by Crippen LogP contribution is -2.41. The highest BCUT2D eigenvalue weighted by atomic mass is 32.2. The van der Waals surface area contributed by atoms with Crippen LogP contribution in [-0.4, -0.2) is 45.1 Å². The van der Waals surface area contributed by atoms with Gasteiger partial charge in [-0.15, -0.1) is 0 Å². The number of nitrogens with one attached hydrogen (secondary N) is 1. The van der Waals surface area contributed by atoms with Crippen molar-refractivity contribution < 1.29 is 17.7 Å². The van der Waals surface area contributed by atoms with Crippen molar-refractivity contribution in [1.82, 2.24) is 5.32 Å². The van der Waals surface area contributed by atoms with Crippen LogP contribution in [0.15, 0.2) is 29.2 Å². The van der Waals surface area contributed by atoms with Gasteiger partial charge in [0, 0.05) is 6.04 Å². The summed E-state index contributed by atoms with van der Waals surface area (Å²) in [6.45, 7) is 8.91. The predicted octanol–water partition coefficient (Wildman–Crippen LogP) is 1.51. The molecule has 0 unspecified atom stereocenters. The Balaban J connectivity index is 1.74. The van der Waals surface area contributed by atoms with Crippen LogP contribution in [0.4, 0.5) is 0 Å². The van der Waals surface area contributed by atoms with Crippen LogP contribution in [0.2, 0.25) is 0 Å². The van der Waals surface area contributed by atoms with Gasteiger partial charge >= 0.3 is 7.12 Å². The van der Waals surface area contributed by atoms with Crippen molar-refractivity contribution in [3.05, 3.63) is 24.3 Å². The zero-order chi connectivity index (χ0) is 17.6. The molecule has 2 fully saturated rings. The molecule has 0 radical (unpaired) electrons. The van der Waals surface area contributed by atoms with Crippen LogP contribution in [0.5, 0.6) is 0 Å². The van der Waals surface area contributed by atoms with E-state index in [0.717, 1.165) is 24.8 Å². The minimum atomic E-state index is -3.27. The van der Waals surface area contributed by atoms with Gasteiger partial charge in [0.25, 0.3) is 0 Å². The van der Waals surface area contributed by atoms with E-state index in [0.29, 0.717) is 4.90 Å². The summed E-state index contributed by atoms with van der Waals surface area (Å²) in [5, 5.41) is 3.24. The summed E-state index contributed by atoms with van der Waals surface area (Å²) < 4.78 is 37.1. The molecule has 0 aromatic heterocycles. The number of sulfone groups is 1. The SMILES string of the molecule is CC1(C)OB(c2ccc(S(=O)(=O)C[C@@H]3CCCN3)cc2)OC1(C)C. The minimum Gasteiger partial charge on any atom is -0.399 e. The Morgan fingerprint density at radius 2 is 1.71 bits per heavy atom. The molecule has 3 rings (SSSR count). The van der Waals surface area contributed by atoms with Crippen LogP contribution >= 0.6 is 0 Å². The van der Waals surface area contributed by atoms with Gasteiger partial charge in [-0.1, -0.05) is 12.1 Å². The Morgan fingerprint density at radius 3 is 2.21 bits per heavy atom. The Bertz CT molecular complexity index is 678. The van der Waals surface area contributed by atoms with E-state index in [1.165, 1.54) is 0 Å². The molecule has 24 heavy (non-hydrogen) atoms. The van der Waals surface area contributed by atoms with Crippen molar-refractivity contribution in [2.45, 2.75) is 62.7 Å². The molecule has 7 heteroatoms. The topological polar surface area (TPSA) is 64.6 Å². The van der Waals surface area contributed by atoms with E-state index >= 15 is 0 Å². The summed E-state index contributed by atoms with van der Waals surface area (Å²) in [5.74, 6) is 0.156. The molecular formula is C17H26BNO4S. The first-order chi connectivity index (χ1) is 11.1. The summed E-state index contributed by atoms with van der Waals surface area (Å²) in [4.78, 5) is 0.358. The van der Waals surface area contributed by atoms with E-state index in [4.69, 9.17) is 9.31 Å². The molecule has 0 aliphatic carbocycles. The molecule has 1 aromatic carbocycles. The molecule has 2 heterocycles. The van der Waals surface area contributed by atoms with Crippen molar-refractivity contribution in [3.63, 3.8) is 0 Å². The van der Waals surface area contributed by atoms with E-state index in [9.17, 15) is 8.42 Å². The molecule has 0 spiro atoms. The van der Waals surface area contributed by atoms with Gasteiger partial charge < -0.3 is 14.6 Å². The molecule has 1 atom stereocenters. The zero-order valence-corrected chi connectivity index (χ0v) is 15.7. The molecule has 132 valence electrons. The molecule has 2 saturated heterocycles. The van der Waals surface area contributed by atoms with Crippen molar-refractivity contribution in [2.75, 3.05) is 12.3 Å². The summed E-state index contributed by atoms with van der Waals surface area (Å²) in [5.41, 5.74) is 0.0270. The Labute approximate surface area is 145 Å². The van der Waals surface area contributed by atoms with Crippen molar-refractivity contribution in [3.8, 4) is 0 Å². The molecular weight excluding hydrogens is 325 g/mol. The van der Waals surface area contributed by atoms with Gasteiger partial charge in [-0.3, -0.25) is 0 Å². The third kappa shape index (κ3) is 3.40. The number of benzene rings is 1. The highest BCUT2D eigenvalue weighted by Gasteiger charge is 2.51. The zero-order valence-electron chi connectivity index (χ0n) is 14.8. The van der Waals surface area contributed by atoms with Gasteiger partial charge in [-0.25, -0.2) is 8.42 Å². The largest absolute Gasteiger partial charge is 0.494 e. The van der Waals surface area contributed by atoms with Crippen LogP contribution in [0, 0.1) is 0 Å². The molecule has 0 saturated carbocycles. The molecule has 0 bridgehead atoms. The van der Waals surface area contributed by atoms with E-state index < -0.39 is 28.2 Å². The number of rotatable bonds is 4. The van der Waals surface area contributed by atoms with Crippen LogP contribution < -0.4 is 10.8 Å². The monoisotopic (exact) mass is 351 g/mol. The average molecular weight is 351 g/mol. The summed E-state index contributed by atoms with van der Waals surface area (Å²) in [6.07, 6.45) is 1.96. The smallest absolute Gasteiger partial charge is 0.399 e. The van der Waals surface area contributed by atoms with Crippen molar-refractivity contribution >= 4 is 22.4 Å². The lowest BCUT2D eigenvalue weighted by molar-refractivity contribution is 0.00578. The van der Waals surface area contributed by atoms with Gasteiger partial charge in [0.1, 0.15) is 0 Å². The molecule has 1 N–H and O–H groups in total. The Morgan fingerprint density at radius 1 is 1.12 bits per heavy atom. The average Bonchev–Trinajstić information content (AvgIpc) is 3.05. The molecule has 0 amide bonds. The minimum absolute atomic E-state index is 0.0674. The quantitative estimate of drug-likeness (QED) is 0.833. The van der Waals surface area contributed by atoms with Crippen LogP contribution in [-0.2, 0) is 19.1 Å². The maximum atomic E-state index is 12.5. The van der Waals surface area contributed by atoms with Crippen LogP contribution in [0.1, 0.15) is 40.5 Å². The first kappa shape index (κ1) is 17.9. The maximum absolute atomic E-state index is 12.5. The van der Waals surface area contributed by atoms with E-state index in [1.807, 2.05) is 27.7 Å². The van der Waals surface area contributed by atoms with E-state index in [2.05, 4.69) is 5.32 Å². The second-order valence-corrected chi connectivity index (χ2v) is 9.77. The van der Waals surface area contributed by atoms with Crippen molar-refractivity contribution in [2.24, 2.45) is 0 Å². The van der Waals surface area contributed by atoms with Gasteiger partial charge in [-0.2, -0.15) is 0 Å². The normalized spacial score (nSPS) is 26.0. The lowest BCUT2D eigenvalue weighted by Gasteiger charge is -2.32. The lowest BCUT2D eigenvalue weighted by atomic mass is 9.79. The fourth-order valence-corrected chi connectivity index (χ4v) is 4.63. The summed E-state index contributed by atoms with van der Waals surface area (Å²) >= 11 is 0.